The van der Waals surface area contributed by atoms with E-state index in [1.807, 2.05) is 56.3 Å². The minimum absolute atomic E-state index is 0.0246. The van der Waals surface area contributed by atoms with E-state index in [1.54, 1.807) is 34.9 Å². The summed E-state index contributed by atoms with van der Waals surface area (Å²) in [5.41, 5.74) is 3.36. The topological polar surface area (TPSA) is 68.2 Å². The third kappa shape index (κ3) is 4.16. The minimum Gasteiger partial charge on any atom is -0.337 e. The van der Waals surface area contributed by atoms with Crippen LogP contribution in [0, 0.1) is 13.8 Å². The van der Waals surface area contributed by atoms with Crippen molar-refractivity contribution in [3.63, 3.8) is 0 Å². The summed E-state index contributed by atoms with van der Waals surface area (Å²) in [5.74, 6) is -0.597. The molecule has 1 heterocycles. The van der Waals surface area contributed by atoms with E-state index in [2.05, 4.69) is 5.32 Å². The first kappa shape index (κ1) is 20.3. The Bertz CT molecular complexity index is 1350. The number of benzene rings is 3. The molecule has 0 spiro atoms. The number of aryl methyl sites for hydroxylation is 2. The van der Waals surface area contributed by atoms with E-state index in [0.717, 1.165) is 16.8 Å². The van der Waals surface area contributed by atoms with Crippen molar-refractivity contribution < 1.29 is 9.59 Å². The Morgan fingerprint density at radius 2 is 1.61 bits per heavy atom. The molecule has 4 aromatic rings. The number of carbonyl (C=O) groups is 2. The molecular weight excluding hydrogens is 388 g/mol. The van der Waals surface area contributed by atoms with Crippen LogP contribution in [0.4, 0.5) is 5.69 Å². The van der Waals surface area contributed by atoms with Crippen molar-refractivity contribution in [3.8, 4) is 0 Å². The second-order valence-corrected chi connectivity index (χ2v) is 7.58. The third-order valence-corrected chi connectivity index (χ3v) is 5.25. The first-order valence-electron chi connectivity index (χ1n) is 10.0. The zero-order valence-electron chi connectivity index (χ0n) is 17.4. The van der Waals surface area contributed by atoms with Gasteiger partial charge in [-0.25, -0.2) is 0 Å². The molecule has 0 unspecified atom stereocenters. The minimum atomic E-state index is -0.359. The summed E-state index contributed by atoms with van der Waals surface area (Å²) in [7, 11) is 0. The summed E-state index contributed by atoms with van der Waals surface area (Å²) < 4.78 is 1.67. The Balaban J connectivity index is 1.78. The molecule has 0 aliphatic heterocycles. The number of hydrogen-bond donors (Lipinski definition) is 1. The SMILES string of the molecule is Cc1ccc2c(c1)c(=O)c(C(=O)c1ccccc1)cn2CC(=O)Nc1ccccc1C. The molecule has 1 aromatic heterocycles. The predicted molar refractivity (Wildman–Crippen MR) is 123 cm³/mol. The van der Waals surface area contributed by atoms with E-state index in [9.17, 15) is 14.4 Å². The monoisotopic (exact) mass is 410 g/mol. The molecule has 31 heavy (non-hydrogen) atoms. The van der Waals surface area contributed by atoms with E-state index in [4.69, 9.17) is 0 Å². The molecule has 5 nitrogen and oxygen atoms in total. The maximum atomic E-state index is 13.1. The lowest BCUT2D eigenvalue weighted by Crippen LogP contribution is -2.24. The first-order chi connectivity index (χ1) is 14.9. The molecule has 0 atom stereocenters. The second kappa shape index (κ2) is 8.40. The van der Waals surface area contributed by atoms with E-state index in [-0.39, 0.29) is 29.2 Å². The fourth-order valence-electron chi connectivity index (χ4n) is 3.61. The first-order valence-corrected chi connectivity index (χ1v) is 10.0. The lowest BCUT2D eigenvalue weighted by atomic mass is 10.0. The van der Waals surface area contributed by atoms with Crippen molar-refractivity contribution in [2.75, 3.05) is 5.32 Å². The highest BCUT2D eigenvalue weighted by Gasteiger charge is 2.18. The van der Waals surface area contributed by atoms with Gasteiger partial charge in [0.2, 0.25) is 11.3 Å². The van der Waals surface area contributed by atoms with Crippen LogP contribution in [0.25, 0.3) is 10.9 Å². The van der Waals surface area contributed by atoms with Crippen LogP contribution in [0.2, 0.25) is 0 Å². The predicted octanol–water partition coefficient (Wildman–Crippen LogP) is 4.49. The highest BCUT2D eigenvalue weighted by molar-refractivity contribution is 6.10. The van der Waals surface area contributed by atoms with Crippen LogP contribution >= 0.6 is 0 Å². The standard InChI is InChI=1S/C26H22N2O3/c1-17-12-13-23-20(14-17)26(31)21(25(30)19-9-4-3-5-10-19)15-28(23)16-24(29)27-22-11-7-6-8-18(22)2/h3-15H,16H2,1-2H3,(H,27,29). The molecule has 0 bridgehead atoms. The average Bonchev–Trinajstić information content (AvgIpc) is 2.77. The number of nitrogens with zero attached hydrogens (tertiary/aromatic N) is 1. The number of ketones is 1. The second-order valence-electron chi connectivity index (χ2n) is 7.58. The number of carbonyl (C=O) groups excluding carboxylic acids is 2. The summed E-state index contributed by atoms with van der Waals surface area (Å²) in [6, 6.07) is 21.7. The normalized spacial score (nSPS) is 10.8. The third-order valence-electron chi connectivity index (χ3n) is 5.25. The summed E-state index contributed by atoms with van der Waals surface area (Å²) in [4.78, 5) is 39.0. The van der Waals surface area contributed by atoms with Crippen molar-refractivity contribution in [3.05, 3.63) is 111 Å². The van der Waals surface area contributed by atoms with Gasteiger partial charge in [0, 0.05) is 22.8 Å². The molecule has 5 heteroatoms. The van der Waals surface area contributed by atoms with Gasteiger partial charge in [0.1, 0.15) is 6.54 Å². The molecule has 3 aromatic carbocycles. The number of pyridine rings is 1. The van der Waals surface area contributed by atoms with Gasteiger partial charge in [-0.15, -0.1) is 0 Å². The van der Waals surface area contributed by atoms with Gasteiger partial charge in [-0.3, -0.25) is 14.4 Å². The zero-order valence-corrected chi connectivity index (χ0v) is 17.4. The van der Waals surface area contributed by atoms with Gasteiger partial charge in [0.25, 0.3) is 0 Å². The lowest BCUT2D eigenvalue weighted by molar-refractivity contribution is -0.116. The number of rotatable bonds is 5. The Morgan fingerprint density at radius 3 is 2.35 bits per heavy atom. The van der Waals surface area contributed by atoms with Gasteiger partial charge in [-0.2, -0.15) is 0 Å². The fourth-order valence-corrected chi connectivity index (χ4v) is 3.61. The summed E-state index contributed by atoms with van der Waals surface area (Å²) >= 11 is 0. The molecule has 0 aliphatic carbocycles. The van der Waals surface area contributed by atoms with Crippen LogP contribution in [0.3, 0.4) is 0 Å². The van der Waals surface area contributed by atoms with Crippen LogP contribution in [-0.2, 0) is 11.3 Å². The lowest BCUT2D eigenvalue weighted by Gasteiger charge is -2.14. The summed E-state index contributed by atoms with van der Waals surface area (Å²) in [6.45, 7) is 3.78. The van der Waals surface area contributed by atoms with E-state index in [0.29, 0.717) is 16.5 Å². The van der Waals surface area contributed by atoms with Crippen LogP contribution in [0.5, 0.6) is 0 Å². The highest BCUT2D eigenvalue weighted by atomic mass is 16.2. The maximum Gasteiger partial charge on any atom is 0.244 e. The van der Waals surface area contributed by atoms with Gasteiger partial charge >= 0.3 is 0 Å². The number of hydrogen-bond acceptors (Lipinski definition) is 3. The molecule has 1 N–H and O–H groups in total. The van der Waals surface area contributed by atoms with Crippen molar-refractivity contribution in [1.82, 2.24) is 4.57 Å². The zero-order chi connectivity index (χ0) is 22.0. The van der Waals surface area contributed by atoms with Crippen molar-refractivity contribution in [2.24, 2.45) is 0 Å². The quantitative estimate of drug-likeness (QED) is 0.493. The Hall–Kier alpha value is -3.99. The van der Waals surface area contributed by atoms with Crippen LogP contribution in [0.1, 0.15) is 27.0 Å². The van der Waals surface area contributed by atoms with E-state index < -0.39 is 0 Å². The molecule has 4 rings (SSSR count). The number of para-hydroxylation sites is 1. The Labute approximate surface area is 180 Å². The molecule has 1 amide bonds. The molecule has 154 valence electrons. The van der Waals surface area contributed by atoms with Crippen LogP contribution < -0.4 is 10.7 Å². The molecular formula is C26H22N2O3. The molecule has 0 saturated carbocycles. The maximum absolute atomic E-state index is 13.1. The number of aromatic nitrogens is 1. The van der Waals surface area contributed by atoms with E-state index >= 15 is 0 Å². The molecule has 0 fully saturated rings. The molecule has 0 radical (unpaired) electrons. The van der Waals surface area contributed by atoms with Gasteiger partial charge in [0.15, 0.2) is 5.78 Å². The molecule has 0 saturated heterocycles. The smallest absolute Gasteiger partial charge is 0.244 e. The van der Waals surface area contributed by atoms with Gasteiger partial charge in [-0.1, -0.05) is 60.2 Å². The summed E-state index contributed by atoms with van der Waals surface area (Å²) in [5, 5.41) is 3.33. The number of fused-ring (bicyclic) bond motifs is 1. The number of anilines is 1. The van der Waals surface area contributed by atoms with Gasteiger partial charge in [-0.05, 0) is 37.6 Å². The number of nitrogens with one attached hydrogen (secondary N) is 1. The average molecular weight is 410 g/mol. The highest BCUT2D eigenvalue weighted by Crippen LogP contribution is 2.18. The Kier molecular flexibility index (Phi) is 5.50. The van der Waals surface area contributed by atoms with Gasteiger partial charge in [0.05, 0.1) is 11.1 Å². The van der Waals surface area contributed by atoms with Crippen molar-refractivity contribution in [1.29, 1.82) is 0 Å². The van der Waals surface area contributed by atoms with Crippen LogP contribution in [-0.4, -0.2) is 16.3 Å². The van der Waals surface area contributed by atoms with Gasteiger partial charge < -0.3 is 9.88 Å². The number of amides is 1. The Morgan fingerprint density at radius 1 is 0.903 bits per heavy atom. The van der Waals surface area contributed by atoms with E-state index in [1.165, 1.54) is 6.20 Å². The largest absolute Gasteiger partial charge is 0.337 e. The summed E-state index contributed by atoms with van der Waals surface area (Å²) in [6.07, 6.45) is 1.49. The fraction of sp³-hybridized carbons (Fsp3) is 0.115. The van der Waals surface area contributed by atoms with Crippen LogP contribution in [0.15, 0.2) is 83.8 Å². The molecule has 0 aliphatic rings. The van der Waals surface area contributed by atoms with Crippen molar-refractivity contribution >= 4 is 28.3 Å². The van der Waals surface area contributed by atoms with Crippen molar-refractivity contribution in [2.45, 2.75) is 20.4 Å².